The number of carbonyl (C=O) groups excluding carboxylic acids is 2. The fourth-order valence-electron chi connectivity index (χ4n) is 9.50. The van der Waals surface area contributed by atoms with Gasteiger partial charge in [0, 0.05) is 19.4 Å². The van der Waals surface area contributed by atoms with Crippen LogP contribution >= 0.6 is 7.82 Å². The highest BCUT2D eigenvalue weighted by Crippen LogP contribution is 2.43. The highest BCUT2D eigenvalue weighted by atomic mass is 31.2. The summed E-state index contributed by atoms with van der Waals surface area (Å²) in [6.07, 6.45) is 89.1. The predicted molar refractivity (Wildman–Crippen MR) is 348 cm³/mol. The van der Waals surface area contributed by atoms with E-state index >= 15 is 0 Å². The lowest BCUT2D eigenvalue weighted by molar-refractivity contribution is -0.161. The zero-order valence-electron chi connectivity index (χ0n) is 52.5. The molecule has 0 aliphatic carbocycles. The molecule has 0 aromatic rings. The Balaban J connectivity index is 3.90. The maximum atomic E-state index is 12.8. The van der Waals surface area contributed by atoms with Gasteiger partial charge in [-0.15, -0.1) is 0 Å². The molecule has 0 saturated heterocycles. The average molecular weight is 1150 g/mol. The van der Waals surface area contributed by atoms with Crippen LogP contribution in [0.15, 0.2) is 97.2 Å². The van der Waals surface area contributed by atoms with Crippen LogP contribution in [-0.2, 0) is 32.7 Å². The number of rotatable bonds is 63. The summed E-state index contributed by atoms with van der Waals surface area (Å²) in [4.78, 5) is 35.3. The molecule has 0 aromatic heterocycles. The molecule has 468 valence electrons. The zero-order chi connectivity index (χ0) is 58.7. The number of phosphoric acid groups is 1. The Morgan fingerprint density at radius 3 is 1.01 bits per heavy atom. The third-order valence-electron chi connectivity index (χ3n) is 14.5. The quantitative estimate of drug-likeness (QED) is 0.0264. The molecule has 0 heterocycles. The Labute approximate surface area is 499 Å². The highest BCUT2D eigenvalue weighted by Gasteiger charge is 2.26. The number of esters is 2. The van der Waals surface area contributed by atoms with Crippen LogP contribution in [0.2, 0.25) is 0 Å². The number of hydrogen-bond donors (Lipinski definition) is 2. The molecule has 0 bridgehead atoms. The predicted octanol–water partition coefficient (Wildman–Crippen LogP) is 22.0. The largest absolute Gasteiger partial charge is 0.472 e. The van der Waals surface area contributed by atoms with Gasteiger partial charge in [-0.05, 0) is 96.3 Å². The van der Waals surface area contributed by atoms with Gasteiger partial charge in [0.05, 0.1) is 13.2 Å². The fourth-order valence-corrected chi connectivity index (χ4v) is 10.3. The molecule has 2 atom stereocenters. The van der Waals surface area contributed by atoms with Crippen LogP contribution in [0.1, 0.15) is 309 Å². The summed E-state index contributed by atoms with van der Waals surface area (Å²) in [5.41, 5.74) is 5.40. The maximum absolute atomic E-state index is 12.8. The molecule has 0 fully saturated rings. The molecule has 2 unspecified atom stereocenters. The number of allylic oxidation sites excluding steroid dienone is 16. The second kappa shape index (κ2) is 66.1. The normalized spacial score (nSPS) is 13.6. The van der Waals surface area contributed by atoms with E-state index in [2.05, 4.69) is 111 Å². The lowest BCUT2D eigenvalue weighted by Gasteiger charge is -2.19. The summed E-state index contributed by atoms with van der Waals surface area (Å²) in [5.74, 6) is -0.821. The minimum Gasteiger partial charge on any atom is -0.462 e. The molecule has 0 amide bonds. The van der Waals surface area contributed by atoms with Crippen molar-refractivity contribution in [2.24, 2.45) is 5.73 Å². The molecular weight excluding hydrogens is 1030 g/mol. The molecule has 10 heteroatoms. The lowest BCUT2D eigenvalue weighted by Crippen LogP contribution is -2.29. The molecule has 0 radical (unpaired) electrons. The summed E-state index contributed by atoms with van der Waals surface area (Å²) in [6, 6.07) is 0. The molecule has 0 saturated carbocycles. The second-order valence-electron chi connectivity index (χ2n) is 22.3. The SMILES string of the molecule is CC/C=C\C/C=C\C/C=C\C/C=C\C/C=C\CCCCCCCCCCCCCCCCCC(=O)OC(COC(=O)CCCCCCCCCCCCCCCC/C=C\C/C=C\C/C=C\CCCCCCC)COP(=O)(O)OCCN. The smallest absolute Gasteiger partial charge is 0.462 e. The van der Waals surface area contributed by atoms with E-state index in [1.54, 1.807) is 0 Å². The van der Waals surface area contributed by atoms with Gasteiger partial charge >= 0.3 is 19.8 Å². The van der Waals surface area contributed by atoms with Crippen molar-refractivity contribution >= 4 is 19.8 Å². The van der Waals surface area contributed by atoms with Crippen LogP contribution in [0.5, 0.6) is 0 Å². The second-order valence-corrected chi connectivity index (χ2v) is 23.8. The molecule has 9 nitrogen and oxygen atoms in total. The van der Waals surface area contributed by atoms with Crippen molar-refractivity contribution in [2.45, 2.75) is 315 Å². The van der Waals surface area contributed by atoms with E-state index in [0.29, 0.717) is 6.42 Å². The van der Waals surface area contributed by atoms with E-state index in [-0.39, 0.29) is 38.6 Å². The van der Waals surface area contributed by atoms with E-state index < -0.39 is 26.5 Å². The van der Waals surface area contributed by atoms with Crippen LogP contribution in [0.25, 0.3) is 0 Å². The average Bonchev–Trinajstić information content (AvgIpc) is 3.46. The first kappa shape index (κ1) is 77.9. The molecule has 81 heavy (non-hydrogen) atoms. The van der Waals surface area contributed by atoms with Crippen molar-refractivity contribution < 1.29 is 37.6 Å². The Kier molecular flexibility index (Phi) is 63.6. The van der Waals surface area contributed by atoms with E-state index in [0.717, 1.165) is 83.5 Å². The van der Waals surface area contributed by atoms with Gasteiger partial charge in [0.2, 0.25) is 0 Å². The van der Waals surface area contributed by atoms with Gasteiger partial charge in [0.25, 0.3) is 0 Å². The Morgan fingerprint density at radius 1 is 0.383 bits per heavy atom. The zero-order valence-corrected chi connectivity index (χ0v) is 53.4. The number of phosphoric ester groups is 1. The van der Waals surface area contributed by atoms with Crippen molar-refractivity contribution in [1.29, 1.82) is 0 Å². The van der Waals surface area contributed by atoms with Crippen LogP contribution in [-0.4, -0.2) is 49.3 Å². The molecule has 0 aromatic carbocycles. The summed E-state index contributed by atoms with van der Waals surface area (Å²) >= 11 is 0. The van der Waals surface area contributed by atoms with E-state index in [1.807, 2.05) is 0 Å². The van der Waals surface area contributed by atoms with E-state index in [9.17, 15) is 19.0 Å². The van der Waals surface area contributed by atoms with Crippen LogP contribution in [0, 0.1) is 0 Å². The first-order valence-corrected chi connectivity index (χ1v) is 35.2. The minimum absolute atomic E-state index is 0.0509. The van der Waals surface area contributed by atoms with Crippen molar-refractivity contribution in [3.8, 4) is 0 Å². The van der Waals surface area contributed by atoms with Gasteiger partial charge in [-0.3, -0.25) is 18.6 Å². The first-order chi connectivity index (χ1) is 39.8. The molecular formula is C71H126NO8P. The minimum atomic E-state index is -4.40. The molecule has 0 spiro atoms. The monoisotopic (exact) mass is 1150 g/mol. The number of ether oxygens (including phenoxy) is 2. The third-order valence-corrected chi connectivity index (χ3v) is 15.4. The third kappa shape index (κ3) is 65.9. The van der Waals surface area contributed by atoms with Crippen molar-refractivity contribution in [3.05, 3.63) is 97.2 Å². The number of unbranched alkanes of at least 4 members (excludes halogenated alkanes) is 34. The fraction of sp³-hybridized carbons (Fsp3) is 0.746. The first-order valence-electron chi connectivity index (χ1n) is 33.7. The molecule has 0 rings (SSSR count). The van der Waals surface area contributed by atoms with Crippen LogP contribution in [0.4, 0.5) is 0 Å². The van der Waals surface area contributed by atoms with Crippen molar-refractivity contribution in [3.63, 3.8) is 0 Å². The summed E-state index contributed by atoms with van der Waals surface area (Å²) in [6.45, 7) is 3.65. The molecule has 0 aliphatic heterocycles. The van der Waals surface area contributed by atoms with E-state index in [4.69, 9.17) is 24.3 Å². The van der Waals surface area contributed by atoms with Gasteiger partial charge in [-0.1, -0.05) is 297 Å². The summed E-state index contributed by atoms with van der Waals surface area (Å²) in [5, 5.41) is 0. The Morgan fingerprint density at radius 2 is 0.679 bits per heavy atom. The topological polar surface area (TPSA) is 134 Å². The van der Waals surface area contributed by atoms with Gasteiger partial charge in [-0.25, -0.2) is 4.57 Å². The maximum Gasteiger partial charge on any atom is 0.472 e. The molecule has 0 aliphatic rings. The summed E-state index contributed by atoms with van der Waals surface area (Å²) in [7, 11) is -4.40. The van der Waals surface area contributed by atoms with Crippen molar-refractivity contribution in [2.75, 3.05) is 26.4 Å². The van der Waals surface area contributed by atoms with Gasteiger partial charge in [-0.2, -0.15) is 0 Å². The number of nitrogens with two attached hydrogens (primary N) is 1. The van der Waals surface area contributed by atoms with Gasteiger partial charge < -0.3 is 20.1 Å². The lowest BCUT2D eigenvalue weighted by atomic mass is 10.0. The highest BCUT2D eigenvalue weighted by molar-refractivity contribution is 7.47. The Hall–Kier alpha value is -3.07. The standard InChI is InChI=1S/C71H126NO8P/c1-3-5-7-9-11-13-15-17-19-21-23-25-27-29-31-33-34-36-38-40-42-44-46-48-50-52-54-56-58-60-62-64-71(74)80-69(68-79-81(75,76)78-66-65-72)67-77-70(73)63-61-59-57-55-53-51-49-47-45-43-41-39-37-35-32-30-28-26-24-22-20-18-16-14-12-10-8-6-4-2/h5,7,11,13,16-19,22-25,28-31,69H,3-4,6,8-10,12,14-15,20-21,26-27,32-68,72H2,1-2H3,(H,75,76)/b7-5-,13-11-,18-16-,19-17-,24-22-,25-23-,30-28-,31-29-. The van der Waals surface area contributed by atoms with E-state index in [1.165, 1.54) is 193 Å². The van der Waals surface area contributed by atoms with Crippen LogP contribution < -0.4 is 5.73 Å². The number of hydrogen-bond acceptors (Lipinski definition) is 8. The Bertz CT molecular complexity index is 1650. The summed E-state index contributed by atoms with van der Waals surface area (Å²) < 4.78 is 33.2. The molecule has 3 N–H and O–H groups in total. The van der Waals surface area contributed by atoms with Gasteiger partial charge in [0.15, 0.2) is 6.10 Å². The van der Waals surface area contributed by atoms with Gasteiger partial charge in [0.1, 0.15) is 6.61 Å². The number of carbonyl (C=O) groups is 2. The van der Waals surface area contributed by atoms with Crippen LogP contribution in [0.3, 0.4) is 0 Å². The van der Waals surface area contributed by atoms with Crippen molar-refractivity contribution in [1.82, 2.24) is 0 Å².